The first kappa shape index (κ1) is 17.2. The molecule has 9 nitrogen and oxygen atoms in total. The molecular formula is C18H22N8O. The van der Waals surface area contributed by atoms with Gasteiger partial charge in [0.2, 0.25) is 0 Å². The molecule has 140 valence electrons. The van der Waals surface area contributed by atoms with Crippen LogP contribution in [-0.2, 0) is 13.6 Å². The predicted molar refractivity (Wildman–Crippen MR) is 98.9 cm³/mol. The summed E-state index contributed by atoms with van der Waals surface area (Å²) in [4.78, 5) is 18.6. The molecule has 1 aliphatic heterocycles. The topological polar surface area (TPSA) is 108 Å². The highest BCUT2D eigenvalue weighted by atomic mass is 16.2. The molecule has 27 heavy (non-hydrogen) atoms. The van der Waals surface area contributed by atoms with Gasteiger partial charge in [-0.3, -0.25) is 9.48 Å². The van der Waals surface area contributed by atoms with Crippen molar-refractivity contribution in [3.8, 4) is 0 Å². The molecule has 1 atom stereocenters. The molecule has 0 aliphatic carbocycles. The number of aromatic nitrogens is 6. The number of piperidine rings is 1. The van der Waals surface area contributed by atoms with E-state index in [1.165, 1.54) is 0 Å². The van der Waals surface area contributed by atoms with E-state index in [0.29, 0.717) is 24.5 Å². The number of pyridine rings is 1. The minimum absolute atomic E-state index is 0.0206. The minimum atomic E-state index is -0.0206. The van der Waals surface area contributed by atoms with E-state index in [-0.39, 0.29) is 11.8 Å². The number of carbonyl (C=O) groups excluding carboxylic acids is 1. The van der Waals surface area contributed by atoms with Crippen molar-refractivity contribution in [3.05, 3.63) is 54.0 Å². The predicted octanol–water partition coefficient (Wildman–Crippen LogP) is 1.06. The lowest BCUT2D eigenvalue weighted by Gasteiger charge is -2.32. The van der Waals surface area contributed by atoms with Crippen molar-refractivity contribution < 1.29 is 4.79 Å². The maximum Gasteiger partial charge on any atom is 0.254 e. The van der Waals surface area contributed by atoms with Crippen molar-refractivity contribution in [2.75, 3.05) is 18.8 Å². The molecule has 1 amide bonds. The Bertz CT molecular complexity index is 933. The summed E-state index contributed by atoms with van der Waals surface area (Å²) in [6.07, 6.45) is 7.12. The van der Waals surface area contributed by atoms with Crippen molar-refractivity contribution in [1.82, 2.24) is 34.4 Å². The molecule has 1 saturated heterocycles. The van der Waals surface area contributed by atoms with E-state index in [4.69, 9.17) is 5.73 Å². The Balaban J connectivity index is 1.50. The lowest BCUT2D eigenvalue weighted by Crippen LogP contribution is -2.39. The maximum atomic E-state index is 12.8. The third-order valence-corrected chi connectivity index (χ3v) is 4.96. The van der Waals surface area contributed by atoms with Crippen LogP contribution in [0.2, 0.25) is 0 Å². The first-order valence-corrected chi connectivity index (χ1v) is 8.98. The average molecular weight is 366 g/mol. The molecule has 0 spiro atoms. The highest BCUT2D eigenvalue weighted by Gasteiger charge is 2.29. The Hall–Kier alpha value is -3.23. The lowest BCUT2D eigenvalue weighted by atomic mass is 9.96. The number of amides is 1. The summed E-state index contributed by atoms with van der Waals surface area (Å²) in [7, 11) is 1.97. The van der Waals surface area contributed by atoms with Gasteiger partial charge in [0.1, 0.15) is 18.2 Å². The number of carbonyl (C=O) groups is 1. The van der Waals surface area contributed by atoms with Crippen LogP contribution in [0, 0.1) is 0 Å². The van der Waals surface area contributed by atoms with E-state index >= 15 is 0 Å². The van der Waals surface area contributed by atoms with Crippen molar-refractivity contribution in [3.63, 3.8) is 0 Å². The molecule has 9 heteroatoms. The smallest absolute Gasteiger partial charge is 0.254 e. The number of likely N-dealkylation sites (tertiary alicyclic amines) is 1. The number of hydrogen-bond acceptors (Lipinski definition) is 6. The molecule has 0 saturated carbocycles. The molecule has 3 aromatic rings. The van der Waals surface area contributed by atoms with Crippen LogP contribution in [0.4, 0.5) is 5.82 Å². The van der Waals surface area contributed by atoms with Crippen LogP contribution >= 0.6 is 0 Å². The number of anilines is 1. The zero-order valence-electron chi connectivity index (χ0n) is 15.2. The van der Waals surface area contributed by atoms with Crippen LogP contribution in [0.5, 0.6) is 0 Å². The summed E-state index contributed by atoms with van der Waals surface area (Å²) in [5.41, 5.74) is 6.28. The number of rotatable bonds is 4. The van der Waals surface area contributed by atoms with Gasteiger partial charge in [-0.05, 0) is 31.0 Å². The van der Waals surface area contributed by atoms with E-state index < -0.39 is 0 Å². The van der Waals surface area contributed by atoms with E-state index in [1.807, 2.05) is 33.5 Å². The van der Waals surface area contributed by atoms with Gasteiger partial charge in [-0.15, -0.1) is 10.2 Å². The van der Waals surface area contributed by atoms with E-state index in [1.54, 1.807) is 24.5 Å². The summed E-state index contributed by atoms with van der Waals surface area (Å²) < 4.78 is 3.84. The van der Waals surface area contributed by atoms with Gasteiger partial charge < -0.3 is 15.2 Å². The van der Waals surface area contributed by atoms with E-state index in [2.05, 4.69) is 20.3 Å². The summed E-state index contributed by atoms with van der Waals surface area (Å²) in [6, 6.07) is 5.21. The van der Waals surface area contributed by atoms with E-state index in [9.17, 15) is 4.79 Å². The fourth-order valence-corrected chi connectivity index (χ4v) is 3.54. The largest absolute Gasteiger partial charge is 0.384 e. The lowest BCUT2D eigenvalue weighted by molar-refractivity contribution is 0.0703. The fourth-order valence-electron chi connectivity index (χ4n) is 3.54. The molecular weight excluding hydrogens is 344 g/mol. The summed E-state index contributed by atoms with van der Waals surface area (Å²) in [6.45, 7) is 1.92. The molecule has 1 aliphatic rings. The first-order chi connectivity index (χ1) is 13.1. The second kappa shape index (κ2) is 7.18. The van der Waals surface area contributed by atoms with Gasteiger partial charge in [0.05, 0.1) is 0 Å². The van der Waals surface area contributed by atoms with Gasteiger partial charge in [0, 0.05) is 50.2 Å². The summed E-state index contributed by atoms with van der Waals surface area (Å²) in [5.74, 6) is 2.24. The van der Waals surface area contributed by atoms with Crippen molar-refractivity contribution in [2.45, 2.75) is 25.3 Å². The highest BCUT2D eigenvalue weighted by molar-refractivity contribution is 5.94. The third kappa shape index (κ3) is 3.53. The van der Waals surface area contributed by atoms with Crippen molar-refractivity contribution in [2.24, 2.45) is 7.05 Å². The quantitative estimate of drug-likeness (QED) is 0.740. The van der Waals surface area contributed by atoms with Crippen LogP contribution in [0.3, 0.4) is 0 Å². The summed E-state index contributed by atoms with van der Waals surface area (Å²) >= 11 is 0. The van der Waals surface area contributed by atoms with Crippen LogP contribution in [0.1, 0.15) is 40.8 Å². The molecule has 0 bridgehead atoms. The normalized spacial score (nSPS) is 17.2. The van der Waals surface area contributed by atoms with Crippen LogP contribution in [-0.4, -0.2) is 53.4 Å². The Labute approximate surface area is 156 Å². The SMILES string of the molecule is Cn1c(Cn2cccn2)nnc1[C@H]1CCCN(C(=O)c2ccnc(N)c2)C1. The standard InChI is InChI=1S/C18H22N8O/c1-24-16(12-26-9-3-6-21-26)22-23-17(24)14-4-2-8-25(11-14)18(27)13-5-7-20-15(19)10-13/h3,5-7,9-10,14H,2,4,8,11-12H2,1H3,(H2,19,20)/t14-/m0/s1. The highest BCUT2D eigenvalue weighted by Crippen LogP contribution is 2.27. The zero-order valence-corrected chi connectivity index (χ0v) is 15.2. The van der Waals surface area contributed by atoms with Gasteiger partial charge in [-0.2, -0.15) is 5.10 Å². The Kier molecular flexibility index (Phi) is 4.57. The minimum Gasteiger partial charge on any atom is -0.384 e. The van der Waals surface area contributed by atoms with Crippen LogP contribution < -0.4 is 5.73 Å². The van der Waals surface area contributed by atoms with Crippen molar-refractivity contribution >= 4 is 11.7 Å². The Morgan fingerprint density at radius 1 is 1.33 bits per heavy atom. The molecule has 0 unspecified atom stereocenters. The molecule has 0 aromatic carbocycles. The van der Waals surface area contributed by atoms with E-state index in [0.717, 1.165) is 31.0 Å². The summed E-state index contributed by atoms with van der Waals surface area (Å²) in [5, 5.41) is 13.0. The molecule has 4 rings (SSSR count). The maximum absolute atomic E-state index is 12.8. The number of nitrogens with zero attached hydrogens (tertiary/aromatic N) is 7. The first-order valence-electron chi connectivity index (χ1n) is 8.98. The van der Waals surface area contributed by atoms with Gasteiger partial charge >= 0.3 is 0 Å². The monoisotopic (exact) mass is 366 g/mol. The second-order valence-corrected chi connectivity index (χ2v) is 6.80. The van der Waals surface area contributed by atoms with Crippen LogP contribution in [0.25, 0.3) is 0 Å². The second-order valence-electron chi connectivity index (χ2n) is 6.80. The molecule has 0 radical (unpaired) electrons. The molecule has 1 fully saturated rings. The number of hydrogen-bond donors (Lipinski definition) is 1. The number of nitrogen functional groups attached to an aromatic ring is 1. The Morgan fingerprint density at radius 2 is 2.22 bits per heavy atom. The number of nitrogens with two attached hydrogens (primary N) is 1. The van der Waals surface area contributed by atoms with Gasteiger partial charge in [-0.1, -0.05) is 0 Å². The molecule has 2 N–H and O–H groups in total. The average Bonchev–Trinajstić information content (AvgIpc) is 3.32. The molecule has 3 aromatic heterocycles. The fraction of sp³-hybridized carbons (Fsp3) is 0.389. The van der Waals surface area contributed by atoms with Gasteiger partial charge in [0.25, 0.3) is 5.91 Å². The van der Waals surface area contributed by atoms with Crippen molar-refractivity contribution in [1.29, 1.82) is 0 Å². The Morgan fingerprint density at radius 3 is 3.00 bits per heavy atom. The third-order valence-electron chi connectivity index (χ3n) is 4.96. The van der Waals surface area contributed by atoms with Crippen LogP contribution in [0.15, 0.2) is 36.8 Å². The zero-order chi connectivity index (χ0) is 18.8. The van der Waals surface area contributed by atoms with Gasteiger partial charge in [-0.25, -0.2) is 4.98 Å². The van der Waals surface area contributed by atoms with Gasteiger partial charge in [0.15, 0.2) is 5.82 Å². The molecule has 4 heterocycles.